The van der Waals surface area contributed by atoms with Gasteiger partial charge in [0.15, 0.2) is 0 Å². The summed E-state index contributed by atoms with van der Waals surface area (Å²) in [5.74, 6) is 0.831. The number of aliphatic imine (C=N–C) groups is 1. The van der Waals surface area contributed by atoms with E-state index in [2.05, 4.69) is 24.0 Å². The van der Waals surface area contributed by atoms with Crippen molar-refractivity contribution in [2.24, 2.45) is 4.99 Å². The highest BCUT2D eigenvalue weighted by Gasteiger charge is 1.97. The lowest BCUT2D eigenvalue weighted by Gasteiger charge is -2.06. The third-order valence-electron chi connectivity index (χ3n) is 3.60. The van der Waals surface area contributed by atoms with Crippen molar-refractivity contribution in [3.05, 3.63) is 94.5 Å². The highest BCUT2D eigenvalue weighted by molar-refractivity contribution is 6.30. The minimum absolute atomic E-state index is 0.522. The standard InChI is InChI=1S/C21H18ClNO/c1-16-2-10-20(11-3-16)23-14-17-6-12-21(13-7-17)24-15-18-4-8-19(22)9-5-18/h2-14H,15H2,1H3. The molecule has 0 aliphatic carbocycles. The summed E-state index contributed by atoms with van der Waals surface area (Å²) in [4.78, 5) is 4.47. The van der Waals surface area contributed by atoms with Crippen LogP contribution in [0, 0.1) is 6.92 Å². The molecule has 24 heavy (non-hydrogen) atoms. The molecule has 0 N–H and O–H groups in total. The average Bonchev–Trinajstić information content (AvgIpc) is 2.62. The molecule has 0 fully saturated rings. The Kier molecular flexibility index (Phi) is 5.29. The van der Waals surface area contributed by atoms with Crippen LogP contribution in [0.25, 0.3) is 0 Å². The summed E-state index contributed by atoms with van der Waals surface area (Å²) in [5.41, 5.74) is 4.30. The van der Waals surface area contributed by atoms with Gasteiger partial charge in [-0.2, -0.15) is 0 Å². The fourth-order valence-corrected chi connectivity index (χ4v) is 2.30. The first-order valence-corrected chi connectivity index (χ1v) is 8.15. The van der Waals surface area contributed by atoms with Gasteiger partial charge in [-0.3, -0.25) is 4.99 Å². The number of benzene rings is 3. The number of halogens is 1. The van der Waals surface area contributed by atoms with Crippen molar-refractivity contribution in [1.29, 1.82) is 0 Å². The third kappa shape index (κ3) is 4.71. The second kappa shape index (κ2) is 7.80. The van der Waals surface area contributed by atoms with Crippen molar-refractivity contribution in [3.8, 4) is 5.75 Å². The minimum Gasteiger partial charge on any atom is -0.489 e. The van der Waals surface area contributed by atoms with E-state index in [9.17, 15) is 0 Å². The SMILES string of the molecule is Cc1ccc(N=Cc2ccc(OCc3ccc(Cl)cc3)cc2)cc1. The van der Waals surface area contributed by atoms with Crippen molar-refractivity contribution >= 4 is 23.5 Å². The normalized spacial score (nSPS) is 10.9. The summed E-state index contributed by atoms with van der Waals surface area (Å²) in [6.07, 6.45) is 1.85. The molecule has 2 nitrogen and oxygen atoms in total. The molecule has 0 bridgehead atoms. The topological polar surface area (TPSA) is 21.6 Å². The van der Waals surface area contributed by atoms with Crippen LogP contribution >= 0.6 is 11.6 Å². The highest BCUT2D eigenvalue weighted by Crippen LogP contribution is 2.16. The summed E-state index contributed by atoms with van der Waals surface area (Å²) in [6.45, 7) is 2.59. The van der Waals surface area contributed by atoms with Crippen molar-refractivity contribution in [2.45, 2.75) is 13.5 Å². The van der Waals surface area contributed by atoms with E-state index in [0.717, 1.165) is 27.6 Å². The summed E-state index contributed by atoms with van der Waals surface area (Å²) >= 11 is 5.87. The van der Waals surface area contributed by atoms with Gasteiger partial charge in [0.05, 0.1) is 5.69 Å². The maximum absolute atomic E-state index is 5.87. The summed E-state index contributed by atoms with van der Waals surface area (Å²) in [5, 5.41) is 0.732. The maximum Gasteiger partial charge on any atom is 0.119 e. The second-order valence-electron chi connectivity index (χ2n) is 5.58. The van der Waals surface area contributed by atoms with Gasteiger partial charge >= 0.3 is 0 Å². The average molecular weight is 336 g/mol. The monoisotopic (exact) mass is 335 g/mol. The Morgan fingerprint density at radius 3 is 2.21 bits per heavy atom. The minimum atomic E-state index is 0.522. The first kappa shape index (κ1) is 16.3. The molecule has 0 saturated heterocycles. The molecule has 3 aromatic rings. The number of hydrogen-bond donors (Lipinski definition) is 0. The number of hydrogen-bond acceptors (Lipinski definition) is 2. The molecule has 0 aromatic heterocycles. The molecule has 0 aliphatic heterocycles. The highest BCUT2D eigenvalue weighted by atomic mass is 35.5. The van der Waals surface area contributed by atoms with Crippen LogP contribution in [-0.4, -0.2) is 6.21 Å². The predicted molar refractivity (Wildman–Crippen MR) is 101 cm³/mol. The lowest BCUT2D eigenvalue weighted by Crippen LogP contribution is -1.95. The molecule has 0 spiro atoms. The van der Waals surface area contributed by atoms with E-state index in [0.29, 0.717) is 6.61 Å². The number of nitrogens with zero attached hydrogens (tertiary/aromatic N) is 1. The summed E-state index contributed by atoms with van der Waals surface area (Å²) < 4.78 is 5.78. The van der Waals surface area contributed by atoms with Gasteiger partial charge < -0.3 is 4.74 Å². The first-order chi connectivity index (χ1) is 11.7. The van der Waals surface area contributed by atoms with Crippen molar-refractivity contribution in [1.82, 2.24) is 0 Å². The Morgan fingerprint density at radius 2 is 1.54 bits per heavy atom. The van der Waals surface area contributed by atoms with E-state index < -0.39 is 0 Å². The van der Waals surface area contributed by atoms with Crippen LogP contribution in [0.5, 0.6) is 5.75 Å². The lowest BCUT2D eigenvalue weighted by molar-refractivity contribution is 0.306. The van der Waals surface area contributed by atoms with Gasteiger partial charge in [0, 0.05) is 11.2 Å². The van der Waals surface area contributed by atoms with Gasteiger partial charge in [0.25, 0.3) is 0 Å². The number of rotatable bonds is 5. The molecule has 3 heteroatoms. The van der Waals surface area contributed by atoms with E-state index in [1.807, 2.05) is 66.9 Å². The Hall–Kier alpha value is -2.58. The fraction of sp³-hybridized carbons (Fsp3) is 0.0952. The Morgan fingerprint density at radius 1 is 0.875 bits per heavy atom. The van der Waals surface area contributed by atoms with Crippen LogP contribution in [0.2, 0.25) is 5.02 Å². The van der Waals surface area contributed by atoms with E-state index in [-0.39, 0.29) is 0 Å². The van der Waals surface area contributed by atoms with Gasteiger partial charge in [-0.25, -0.2) is 0 Å². The quantitative estimate of drug-likeness (QED) is 0.526. The second-order valence-corrected chi connectivity index (χ2v) is 6.01. The third-order valence-corrected chi connectivity index (χ3v) is 3.85. The molecule has 0 atom stereocenters. The zero-order valence-electron chi connectivity index (χ0n) is 13.4. The molecule has 0 saturated carbocycles. The molecular weight excluding hydrogens is 318 g/mol. The zero-order chi connectivity index (χ0) is 16.8. The molecule has 3 aromatic carbocycles. The summed E-state index contributed by atoms with van der Waals surface area (Å²) in [7, 11) is 0. The molecule has 0 aliphatic rings. The summed E-state index contributed by atoms with van der Waals surface area (Å²) in [6, 6.07) is 23.7. The number of aryl methyl sites for hydroxylation is 1. The van der Waals surface area contributed by atoms with Crippen molar-refractivity contribution in [3.63, 3.8) is 0 Å². The van der Waals surface area contributed by atoms with Crippen LogP contribution in [0.15, 0.2) is 77.8 Å². The molecule has 0 unspecified atom stereocenters. The maximum atomic E-state index is 5.87. The molecule has 3 rings (SSSR count). The van der Waals surface area contributed by atoms with Crippen LogP contribution in [0.4, 0.5) is 5.69 Å². The molecule has 0 radical (unpaired) electrons. The fourth-order valence-electron chi connectivity index (χ4n) is 2.18. The lowest BCUT2D eigenvalue weighted by atomic mass is 10.2. The Balaban J connectivity index is 1.58. The zero-order valence-corrected chi connectivity index (χ0v) is 14.2. The van der Waals surface area contributed by atoms with Crippen LogP contribution in [0.1, 0.15) is 16.7 Å². The van der Waals surface area contributed by atoms with Gasteiger partial charge in [0.1, 0.15) is 12.4 Å². The molecule has 120 valence electrons. The van der Waals surface area contributed by atoms with Crippen LogP contribution in [0.3, 0.4) is 0 Å². The van der Waals surface area contributed by atoms with E-state index in [1.54, 1.807) is 0 Å². The smallest absolute Gasteiger partial charge is 0.119 e. The van der Waals surface area contributed by atoms with Crippen molar-refractivity contribution < 1.29 is 4.74 Å². The molecule has 0 amide bonds. The van der Waals surface area contributed by atoms with E-state index in [4.69, 9.17) is 16.3 Å². The first-order valence-electron chi connectivity index (χ1n) is 7.77. The van der Waals surface area contributed by atoms with Crippen molar-refractivity contribution in [2.75, 3.05) is 0 Å². The molecular formula is C21H18ClNO. The van der Waals surface area contributed by atoms with Crippen LogP contribution < -0.4 is 4.74 Å². The van der Waals surface area contributed by atoms with Gasteiger partial charge in [-0.1, -0.05) is 41.4 Å². The van der Waals surface area contributed by atoms with Crippen LogP contribution in [-0.2, 0) is 6.61 Å². The van der Waals surface area contributed by atoms with E-state index in [1.165, 1.54) is 5.56 Å². The van der Waals surface area contributed by atoms with Gasteiger partial charge in [-0.15, -0.1) is 0 Å². The van der Waals surface area contributed by atoms with E-state index >= 15 is 0 Å². The number of ether oxygens (including phenoxy) is 1. The Bertz CT molecular complexity index is 806. The van der Waals surface area contributed by atoms with Gasteiger partial charge in [0.2, 0.25) is 0 Å². The van der Waals surface area contributed by atoms with Gasteiger partial charge in [-0.05, 0) is 66.6 Å². The molecule has 0 heterocycles. The predicted octanol–water partition coefficient (Wildman–Crippen LogP) is 5.98. The largest absolute Gasteiger partial charge is 0.489 e. The Labute approximate surface area is 147 Å².